The Balaban J connectivity index is 1.35. The molecule has 12 nitrogen and oxygen atoms in total. The Bertz CT molecular complexity index is 1500. The van der Waals surface area contributed by atoms with Crippen molar-refractivity contribution >= 4 is 17.3 Å². The SMILES string of the molecule is CC(c1ccc(F)cc1F)(C(O)Cn1cncn1)n1cc(C(=O)N2CCN(c3ccc([N+](=O)[O-])cc3)CC2)cn1. The number of nitro groups is 1. The molecule has 0 radical (unpaired) electrons. The van der Waals surface area contributed by atoms with E-state index in [0.29, 0.717) is 26.2 Å². The zero-order chi connectivity index (χ0) is 28.4. The number of aliphatic hydroxyl groups excluding tert-OH is 1. The predicted molar refractivity (Wildman–Crippen MR) is 139 cm³/mol. The Morgan fingerprint density at radius 1 is 1.12 bits per heavy atom. The Kier molecular flexibility index (Phi) is 7.26. The number of hydrogen-bond acceptors (Lipinski definition) is 8. The highest BCUT2D eigenvalue weighted by Gasteiger charge is 2.41. The van der Waals surface area contributed by atoms with E-state index >= 15 is 4.39 Å². The second kappa shape index (κ2) is 10.8. The van der Waals surface area contributed by atoms with Gasteiger partial charge in [-0.05, 0) is 25.1 Å². The highest BCUT2D eigenvalue weighted by molar-refractivity contribution is 5.94. The summed E-state index contributed by atoms with van der Waals surface area (Å²) >= 11 is 0. The highest BCUT2D eigenvalue weighted by Crippen LogP contribution is 2.33. The number of nitro benzene ring substituents is 1. The van der Waals surface area contributed by atoms with Crippen LogP contribution in [-0.4, -0.2) is 77.7 Å². The van der Waals surface area contributed by atoms with Gasteiger partial charge in [0.1, 0.15) is 35.9 Å². The maximum Gasteiger partial charge on any atom is 0.269 e. The van der Waals surface area contributed by atoms with Crippen LogP contribution >= 0.6 is 0 Å². The number of piperazine rings is 1. The number of carbonyl (C=O) groups is 1. The summed E-state index contributed by atoms with van der Waals surface area (Å²) in [6.45, 7) is 3.33. The molecule has 208 valence electrons. The molecule has 1 N–H and O–H groups in total. The lowest BCUT2D eigenvalue weighted by molar-refractivity contribution is -0.384. The molecule has 0 aliphatic carbocycles. The number of carbonyl (C=O) groups excluding carboxylic acids is 1. The second-order valence-corrected chi connectivity index (χ2v) is 9.63. The fourth-order valence-corrected chi connectivity index (χ4v) is 4.86. The average molecular weight is 553 g/mol. The number of amides is 1. The number of nitrogens with zero attached hydrogens (tertiary/aromatic N) is 8. The molecule has 14 heteroatoms. The van der Waals surface area contributed by atoms with E-state index in [4.69, 9.17) is 0 Å². The first-order chi connectivity index (χ1) is 19.2. The summed E-state index contributed by atoms with van der Waals surface area (Å²) in [5.74, 6) is -1.92. The van der Waals surface area contributed by atoms with Crippen LogP contribution in [0.3, 0.4) is 0 Å². The first-order valence-electron chi connectivity index (χ1n) is 12.5. The maximum atomic E-state index is 15.0. The minimum Gasteiger partial charge on any atom is -0.388 e. The minimum atomic E-state index is -1.53. The lowest BCUT2D eigenvalue weighted by Gasteiger charge is -2.36. The van der Waals surface area contributed by atoms with Crippen molar-refractivity contribution in [3.63, 3.8) is 0 Å². The van der Waals surface area contributed by atoms with E-state index in [1.165, 1.54) is 52.6 Å². The van der Waals surface area contributed by atoms with Gasteiger partial charge >= 0.3 is 0 Å². The van der Waals surface area contributed by atoms with Crippen LogP contribution in [0, 0.1) is 21.7 Å². The molecule has 1 aliphatic rings. The first kappa shape index (κ1) is 26.9. The van der Waals surface area contributed by atoms with Crippen LogP contribution in [-0.2, 0) is 12.1 Å². The topological polar surface area (TPSA) is 135 Å². The van der Waals surface area contributed by atoms with Gasteiger partial charge in [-0.3, -0.25) is 24.3 Å². The molecule has 1 amide bonds. The van der Waals surface area contributed by atoms with Crippen molar-refractivity contribution in [3.05, 3.63) is 100 Å². The van der Waals surface area contributed by atoms with Crippen molar-refractivity contribution in [1.82, 2.24) is 29.4 Å². The van der Waals surface area contributed by atoms with Crippen molar-refractivity contribution in [3.8, 4) is 0 Å². The third-order valence-electron chi connectivity index (χ3n) is 7.25. The number of rotatable bonds is 8. The summed E-state index contributed by atoms with van der Waals surface area (Å²) in [7, 11) is 0. The number of halogens is 2. The van der Waals surface area contributed by atoms with Crippen molar-refractivity contribution in [1.29, 1.82) is 0 Å². The summed E-state index contributed by atoms with van der Waals surface area (Å²) < 4.78 is 31.4. The highest BCUT2D eigenvalue weighted by atomic mass is 19.1. The molecule has 3 heterocycles. The Morgan fingerprint density at radius 2 is 1.85 bits per heavy atom. The summed E-state index contributed by atoms with van der Waals surface area (Å²) in [6.07, 6.45) is 4.21. The Morgan fingerprint density at radius 3 is 2.48 bits per heavy atom. The average Bonchev–Trinajstić information content (AvgIpc) is 3.65. The molecular weight excluding hydrogens is 526 g/mol. The van der Waals surface area contributed by atoms with Crippen LogP contribution in [0.2, 0.25) is 0 Å². The molecule has 5 rings (SSSR count). The van der Waals surface area contributed by atoms with Gasteiger partial charge in [0, 0.05) is 61.8 Å². The van der Waals surface area contributed by atoms with Gasteiger partial charge in [-0.1, -0.05) is 6.07 Å². The lowest BCUT2D eigenvalue weighted by atomic mass is 9.85. The van der Waals surface area contributed by atoms with Crippen LogP contribution in [0.1, 0.15) is 22.8 Å². The molecule has 2 atom stereocenters. The van der Waals surface area contributed by atoms with Crippen LogP contribution < -0.4 is 4.90 Å². The van der Waals surface area contributed by atoms with Crippen molar-refractivity contribution < 1.29 is 23.6 Å². The number of anilines is 1. The van der Waals surface area contributed by atoms with E-state index in [1.807, 2.05) is 4.90 Å². The fourth-order valence-electron chi connectivity index (χ4n) is 4.86. The molecule has 1 aliphatic heterocycles. The van der Waals surface area contributed by atoms with E-state index in [2.05, 4.69) is 15.2 Å². The zero-order valence-electron chi connectivity index (χ0n) is 21.5. The number of benzene rings is 2. The molecule has 40 heavy (non-hydrogen) atoms. The standard InChI is InChI=1S/C26H26F2N8O4/c1-26(22-7-2-19(27)12-23(22)28,24(37)15-34-17-29-16-31-34)35-14-18(13-30-35)25(38)33-10-8-32(9-11-33)20-3-5-21(6-4-20)36(39)40/h2-7,12-14,16-17,24,37H,8-11,15H2,1H3. The number of aromatic nitrogens is 5. The Labute approximate surface area is 227 Å². The van der Waals surface area contributed by atoms with Gasteiger partial charge in [0.25, 0.3) is 11.6 Å². The van der Waals surface area contributed by atoms with Gasteiger partial charge in [-0.25, -0.2) is 13.8 Å². The van der Waals surface area contributed by atoms with Crippen LogP contribution in [0.4, 0.5) is 20.2 Å². The van der Waals surface area contributed by atoms with E-state index in [-0.39, 0.29) is 29.3 Å². The second-order valence-electron chi connectivity index (χ2n) is 9.63. The summed E-state index contributed by atoms with van der Waals surface area (Å²) in [5, 5.41) is 30.5. The van der Waals surface area contributed by atoms with Gasteiger partial charge in [-0.15, -0.1) is 0 Å². The van der Waals surface area contributed by atoms with Crippen molar-refractivity contribution in [2.24, 2.45) is 0 Å². The molecular formula is C26H26F2N8O4. The quantitative estimate of drug-likeness (QED) is 0.260. The molecule has 0 spiro atoms. The third-order valence-corrected chi connectivity index (χ3v) is 7.25. The van der Waals surface area contributed by atoms with Crippen LogP contribution in [0.15, 0.2) is 67.5 Å². The molecule has 2 aromatic heterocycles. The molecule has 1 saturated heterocycles. The van der Waals surface area contributed by atoms with Crippen LogP contribution in [0.25, 0.3) is 0 Å². The van der Waals surface area contributed by atoms with E-state index in [9.17, 15) is 24.4 Å². The molecule has 1 fully saturated rings. The van der Waals surface area contributed by atoms with E-state index < -0.39 is 28.2 Å². The maximum absolute atomic E-state index is 15.0. The Hall–Kier alpha value is -4.72. The lowest BCUT2D eigenvalue weighted by Crippen LogP contribution is -2.49. The van der Waals surface area contributed by atoms with Gasteiger partial charge in [0.05, 0.1) is 23.2 Å². The monoisotopic (exact) mass is 552 g/mol. The smallest absolute Gasteiger partial charge is 0.269 e. The largest absolute Gasteiger partial charge is 0.388 e. The molecule has 0 bridgehead atoms. The normalized spacial score (nSPS) is 16.0. The molecule has 2 unspecified atom stereocenters. The fraction of sp³-hybridized carbons (Fsp3) is 0.308. The van der Waals surface area contributed by atoms with Gasteiger partial charge in [0.2, 0.25) is 0 Å². The van der Waals surface area contributed by atoms with E-state index in [0.717, 1.165) is 17.8 Å². The number of aliphatic hydroxyl groups is 1. The molecule has 2 aromatic carbocycles. The summed E-state index contributed by atoms with van der Waals surface area (Å²) in [4.78, 5) is 31.4. The first-order valence-corrected chi connectivity index (χ1v) is 12.5. The third kappa shape index (κ3) is 5.12. The van der Waals surface area contributed by atoms with Gasteiger partial charge in [0.15, 0.2) is 0 Å². The minimum absolute atomic E-state index is 0.00787. The zero-order valence-corrected chi connectivity index (χ0v) is 21.5. The van der Waals surface area contributed by atoms with Crippen molar-refractivity contribution in [2.45, 2.75) is 25.1 Å². The van der Waals surface area contributed by atoms with Gasteiger partial charge in [-0.2, -0.15) is 10.2 Å². The summed E-state index contributed by atoms with van der Waals surface area (Å²) in [5.41, 5.74) is -0.472. The molecule has 4 aromatic rings. The van der Waals surface area contributed by atoms with Gasteiger partial charge < -0.3 is 14.9 Å². The number of hydrogen-bond donors (Lipinski definition) is 1. The van der Waals surface area contributed by atoms with E-state index in [1.54, 1.807) is 24.0 Å². The van der Waals surface area contributed by atoms with Crippen molar-refractivity contribution in [2.75, 3.05) is 31.1 Å². The van der Waals surface area contributed by atoms with Crippen LogP contribution in [0.5, 0.6) is 0 Å². The molecule has 0 saturated carbocycles. The number of non-ortho nitro benzene ring substituents is 1. The summed E-state index contributed by atoms with van der Waals surface area (Å²) in [6, 6.07) is 9.32. The predicted octanol–water partition coefficient (Wildman–Crippen LogP) is 2.45.